The van der Waals surface area contributed by atoms with E-state index in [1.807, 2.05) is 0 Å². The molecule has 2 aliphatic heterocycles. The summed E-state index contributed by atoms with van der Waals surface area (Å²) in [5.41, 5.74) is -2.50. The molecule has 0 bridgehead atoms. The highest BCUT2D eigenvalue weighted by Crippen LogP contribution is 2.50. The zero-order valence-corrected chi connectivity index (χ0v) is 21.5. The van der Waals surface area contributed by atoms with Crippen molar-refractivity contribution >= 4 is 45.4 Å². The van der Waals surface area contributed by atoms with Gasteiger partial charge in [-0.25, -0.2) is 27.9 Å². The summed E-state index contributed by atoms with van der Waals surface area (Å²) in [5, 5.41) is 12.7. The van der Waals surface area contributed by atoms with Crippen molar-refractivity contribution in [2.45, 2.75) is 48.7 Å². The Kier molecular flexibility index (Phi) is 6.57. The number of amidine groups is 1. The molecule has 2 aromatic heterocycles. The molecule has 1 fully saturated rings. The summed E-state index contributed by atoms with van der Waals surface area (Å²) in [5.74, 6) is -5.42. The molecule has 4 N–H and O–H groups in total. The number of nitrogens with zero attached hydrogens (tertiary/aromatic N) is 3. The van der Waals surface area contributed by atoms with Crippen molar-refractivity contribution in [2.24, 2.45) is 4.99 Å². The number of nitrogens with one attached hydrogen (secondary N) is 3. The molecule has 2 amide bonds. The monoisotopic (exact) mass is 560 g/mol. The zero-order valence-electron chi connectivity index (χ0n) is 19.9. The number of aliphatic imine (C=N–C) groups is 1. The molecule has 2 aromatic rings. The minimum absolute atomic E-state index is 0.0192. The molecule has 37 heavy (non-hydrogen) atoms. The predicted octanol–water partition coefficient (Wildman–Crippen LogP) is 3.12. The molecule has 4 rings (SSSR count). The third-order valence-corrected chi connectivity index (χ3v) is 10.9. The SMILES string of the molecule is CC1(C)C(NC(=O)O)=N[C@](C)(c2nc(NC(=O)c3ccc(Cl)cn3)ccc2F)[C@H]2CC(F)(F)CN[SH]21=O. The summed E-state index contributed by atoms with van der Waals surface area (Å²) < 4.78 is 59.7. The van der Waals surface area contributed by atoms with Crippen LogP contribution < -0.4 is 15.4 Å². The van der Waals surface area contributed by atoms with E-state index in [4.69, 9.17) is 11.6 Å². The maximum atomic E-state index is 15.3. The lowest BCUT2D eigenvalue weighted by atomic mass is 9.88. The summed E-state index contributed by atoms with van der Waals surface area (Å²) in [4.78, 5) is 36.5. The number of hydrogen-bond donors (Lipinski definition) is 5. The average molecular weight is 561 g/mol. The number of fused-ring (bicyclic) bond motifs is 1. The van der Waals surface area contributed by atoms with E-state index in [1.165, 1.54) is 39.1 Å². The number of hydrogen-bond acceptors (Lipinski definition) is 6. The maximum Gasteiger partial charge on any atom is 0.410 e. The fraction of sp³-hybridized carbons (Fsp3) is 0.409. The number of carbonyl (C=O) groups excluding carboxylic acids is 1. The number of thiol groups is 1. The maximum absolute atomic E-state index is 15.3. The van der Waals surface area contributed by atoms with Gasteiger partial charge < -0.3 is 10.4 Å². The van der Waals surface area contributed by atoms with Crippen LogP contribution in [0.25, 0.3) is 0 Å². The van der Waals surface area contributed by atoms with Crippen LogP contribution in [0.2, 0.25) is 5.02 Å². The molecular formula is C22H24ClF3N6O4S. The molecule has 0 spiro atoms. The molecule has 0 saturated carbocycles. The van der Waals surface area contributed by atoms with Crippen molar-refractivity contribution < 1.29 is 32.1 Å². The molecule has 2 aliphatic rings. The quantitative estimate of drug-likeness (QED) is 0.365. The Bertz CT molecular complexity index is 1360. The third kappa shape index (κ3) is 4.68. The first kappa shape index (κ1) is 26.9. The van der Waals surface area contributed by atoms with Crippen LogP contribution in [-0.4, -0.2) is 59.6 Å². The van der Waals surface area contributed by atoms with E-state index in [-0.39, 0.29) is 17.3 Å². The van der Waals surface area contributed by atoms with Gasteiger partial charge in [0.2, 0.25) is 0 Å². The number of amides is 2. The van der Waals surface area contributed by atoms with Gasteiger partial charge in [0.15, 0.2) is 0 Å². The van der Waals surface area contributed by atoms with E-state index >= 15 is 4.39 Å². The van der Waals surface area contributed by atoms with Gasteiger partial charge in [-0.2, -0.15) is 0 Å². The summed E-state index contributed by atoms with van der Waals surface area (Å²) >= 11 is 5.78. The van der Waals surface area contributed by atoms with Gasteiger partial charge in [-0.1, -0.05) is 11.6 Å². The lowest BCUT2D eigenvalue weighted by Crippen LogP contribution is -2.73. The van der Waals surface area contributed by atoms with Gasteiger partial charge in [0.1, 0.15) is 34.4 Å². The number of alkyl halides is 2. The van der Waals surface area contributed by atoms with Crippen molar-refractivity contribution in [1.82, 2.24) is 20.0 Å². The second kappa shape index (κ2) is 9.03. The Morgan fingerprint density at radius 2 is 1.89 bits per heavy atom. The van der Waals surface area contributed by atoms with Gasteiger partial charge in [0, 0.05) is 12.6 Å². The Balaban J connectivity index is 1.84. The fourth-order valence-corrected chi connectivity index (χ4v) is 8.42. The summed E-state index contributed by atoms with van der Waals surface area (Å²) in [6, 6.07) is 4.90. The van der Waals surface area contributed by atoms with Crippen molar-refractivity contribution in [3.8, 4) is 0 Å². The Morgan fingerprint density at radius 3 is 2.51 bits per heavy atom. The number of carboxylic acid groups (broad SMARTS) is 1. The highest BCUT2D eigenvalue weighted by atomic mass is 35.5. The molecule has 1 saturated heterocycles. The van der Waals surface area contributed by atoms with Crippen LogP contribution in [-0.2, 0) is 15.7 Å². The molecule has 10 nitrogen and oxygen atoms in total. The Labute approximate surface area is 215 Å². The van der Waals surface area contributed by atoms with Crippen LogP contribution in [0, 0.1) is 5.82 Å². The lowest BCUT2D eigenvalue weighted by Gasteiger charge is -2.57. The molecule has 0 aromatic carbocycles. The van der Waals surface area contributed by atoms with Crippen LogP contribution in [0.15, 0.2) is 35.5 Å². The van der Waals surface area contributed by atoms with Crippen LogP contribution >= 0.6 is 11.6 Å². The largest absolute Gasteiger partial charge is 0.465 e. The Morgan fingerprint density at radius 1 is 1.19 bits per heavy atom. The van der Waals surface area contributed by atoms with Crippen LogP contribution in [0.5, 0.6) is 0 Å². The molecule has 200 valence electrons. The van der Waals surface area contributed by atoms with Crippen molar-refractivity contribution in [3.63, 3.8) is 0 Å². The zero-order chi connectivity index (χ0) is 27.4. The van der Waals surface area contributed by atoms with Crippen molar-refractivity contribution in [2.75, 3.05) is 11.9 Å². The van der Waals surface area contributed by atoms with E-state index in [0.717, 1.165) is 12.1 Å². The minimum atomic E-state index is -3.92. The van der Waals surface area contributed by atoms with Gasteiger partial charge in [0.05, 0.1) is 21.6 Å². The van der Waals surface area contributed by atoms with Crippen LogP contribution in [0.3, 0.4) is 0 Å². The van der Waals surface area contributed by atoms with Crippen molar-refractivity contribution in [1.29, 1.82) is 0 Å². The summed E-state index contributed by atoms with van der Waals surface area (Å²) in [6.45, 7) is 3.21. The van der Waals surface area contributed by atoms with Crippen LogP contribution in [0.4, 0.5) is 23.8 Å². The second-order valence-electron chi connectivity index (χ2n) is 9.51. The van der Waals surface area contributed by atoms with E-state index in [9.17, 15) is 27.7 Å². The molecule has 2 atom stereocenters. The van der Waals surface area contributed by atoms with Gasteiger partial charge in [0.25, 0.3) is 11.8 Å². The van der Waals surface area contributed by atoms with Crippen LogP contribution in [0.1, 0.15) is 43.4 Å². The first-order chi connectivity index (χ1) is 17.1. The topological polar surface area (TPSA) is 146 Å². The van der Waals surface area contributed by atoms with Crippen molar-refractivity contribution in [3.05, 3.63) is 52.7 Å². The average Bonchev–Trinajstić information content (AvgIpc) is 2.80. The molecule has 0 radical (unpaired) electrons. The predicted molar refractivity (Wildman–Crippen MR) is 132 cm³/mol. The standard InChI is InChI=1S/C22H24ClF3N6O4S/c1-20(2)18(31-19(34)35)32-21(3,14-8-22(25,26)10-28-37(14,20)36)16-12(24)5-7-15(29-16)30-17(33)13-6-4-11(23)9-27-13/h4-7,9,14,37H,8,10H2,1-3H3,(H,28,36)(H,31,32)(H,34,35)(H,29,30,33)/t14-,21+/m1/s1. The number of halogens is 4. The van der Waals surface area contributed by atoms with E-state index in [2.05, 4.69) is 30.3 Å². The molecule has 15 heteroatoms. The number of rotatable bonds is 3. The first-order valence-electron chi connectivity index (χ1n) is 11.0. The highest BCUT2D eigenvalue weighted by Gasteiger charge is 2.62. The van der Waals surface area contributed by atoms with Gasteiger partial charge in [-0.15, -0.1) is 0 Å². The molecular weight excluding hydrogens is 537 g/mol. The van der Waals surface area contributed by atoms with Gasteiger partial charge in [-0.3, -0.25) is 24.0 Å². The summed E-state index contributed by atoms with van der Waals surface area (Å²) in [7, 11) is -3.92. The third-order valence-electron chi connectivity index (χ3n) is 6.66. The lowest BCUT2D eigenvalue weighted by molar-refractivity contribution is -0.0139. The first-order valence-corrected chi connectivity index (χ1v) is 13.2. The highest BCUT2D eigenvalue weighted by molar-refractivity contribution is 8.04. The Hall–Kier alpha value is -3.10. The number of aromatic nitrogens is 2. The fourth-order valence-electron chi connectivity index (χ4n) is 4.62. The summed E-state index contributed by atoms with van der Waals surface area (Å²) in [6.07, 6.45) is -1.18. The second-order valence-corrected chi connectivity index (χ2v) is 13.3. The smallest absolute Gasteiger partial charge is 0.410 e. The van der Waals surface area contributed by atoms with E-state index in [1.54, 1.807) is 0 Å². The van der Waals surface area contributed by atoms with Gasteiger partial charge in [-0.05, 0) is 55.2 Å². The molecule has 0 unspecified atom stereocenters. The normalized spacial score (nSPS) is 26.2. The van der Waals surface area contributed by atoms with Gasteiger partial charge >= 0.3 is 6.09 Å². The number of carbonyl (C=O) groups is 2. The molecule has 4 heterocycles. The molecule has 0 aliphatic carbocycles. The number of pyridine rings is 2. The number of anilines is 1. The van der Waals surface area contributed by atoms with E-state index in [0.29, 0.717) is 5.02 Å². The minimum Gasteiger partial charge on any atom is -0.465 e. The van der Waals surface area contributed by atoms with E-state index < -0.39 is 68.1 Å².